The molecule has 1 N–H and O–H groups in total. The molecule has 1 aromatic heterocycles. The number of likely N-dealkylation sites (N-methyl/N-ethyl adjacent to an activating group) is 2. The van der Waals surface area contributed by atoms with Crippen LogP contribution in [0.15, 0.2) is 22.5 Å². The molecule has 0 fully saturated rings. The molecular weight excluding hydrogens is 296 g/mol. The number of nitrogens with zero attached hydrogens (tertiary/aromatic N) is 3. The Morgan fingerprint density at radius 2 is 2.05 bits per heavy atom. The van der Waals surface area contributed by atoms with Crippen LogP contribution in [0, 0.1) is 0 Å². The molecule has 1 rings (SSSR count). The SMILES string of the molecule is CCNC(=NCCc1cccs1)N(C)CC(=O)N(CC)CC. The second-order valence-corrected chi connectivity index (χ2v) is 6.02. The number of thiophene rings is 1. The molecule has 5 nitrogen and oxygen atoms in total. The summed E-state index contributed by atoms with van der Waals surface area (Å²) in [6, 6.07) is 4.19. The second kappa shape index (κ2) is 10.2. The Balaban J connectivity index is 2.58. The zero-order valence-electron chi connectivity index (χ0n) is 14.1. The minimum Gasteiger partial charge on any atom is -0.357 e. The van der Waals surface area contributed by atoms with Crippen LogP contribution >= 0.6 is 11.3 Å². The molecule has 0 aromatic carbocycles. The number of guanidine groups is 1. The predicted octanol–water partition coefficient (Wildman–Crippen LogP) is 2.06. The molecule has 0 aliphatic carbocycles. The number of nitrogens with one attached hydrogen (secondary N) is 1. The Bertz CT molecular complexity index is 455. The van der Waals surface area contributed by atoms with Crippen LogP contribution in [-0.4, -0.2) is 61.4 Å². The molecule has 0 radical (unpaired) electrons. The molecule has 0 spiro atoms. The first-order valence-corrected chi connectivity index (χ1v) is 8.79. The lowest BCUT2D eigenvalue weighted by Gasteiger charge is -2.25. The summed E-state index contributed by atoms with van der Waals surface area (Å²) in [6.07, 6.45) is 0.935. The van der Waals surface area contributed by atoms with E-state index in [9.17, 15) is 4.79 Å². The quantitative estimate of drug-likeness (QED) is 0.588. The second-order valence-electron chi connectivity index (χ2n) is 4.99. The third kappa shape index (κ3) is 6.05. The van der Waals surface area contributed by atoms with Crippen molar-refractivity contribution in [1.29, 1.82) is 0 Å². The van der Waals surface area contributed by atoms with Crippen LogP contribution in [0.2, 0.25) is 0 Å². The Hall–Kier alpha value is -1.56. The summed E-state index contributed by atoms with van der Waals surface area (Å²) >= 11 is 1.75. The molecule has 1 amide bonds. The van der Waals surface area contributed by atoms with Gasteiger partial charge in [0.05, 0.1) is 6.54 Å². The molecular formula is C16H28N4OS. The van der Waals surface area contributed by atoms with E-state index in [2.05, 4.69) is 27.8 Å². The molecule has 0 saturated carbocycles. The average Bonchev–Trinajstić information content (AvgIpc) is 3.00. The van der Waals surface area contributed by atoms with E-state index in [-0.39, 0.29) is 5.91 Å². The van der Waals surface area contributed by atoms with Crippen molar-refractivity contribution in [1.82, 2.24) is 15.1 Å². The van der Waals surface area contributed by atoms with E-state index in [1.54, 1.807) is 11.3 Å². The number of rotatable bonds is 8. The Labute approximate surface area is 138 Å². The molecule has 0 aliphatic rings. The summed E-state index contributed by atoms with van der Waals surface area (Å²) in [5.74, 6) is 0.927. The van der Waals surface area contributed by atoms with Gasteiger partial charge >= 0.3 is 0 Å². The van der Waals surface area contributed by atoms with Crippen molar-refractivity contribution in [3.8, 4) is 0 Å². The van der Waals surface area contributed by atoms with E-state index in [1.165, 1.54) is 4.88 Å². The normalized spacial score (nSPS) is 11.4. The van der Waals surface area contributed by atoms with E-state index in [0.29, 0.717) is 6.54 Å². The largest absolute Gasteiger partial charge is 0.357 e. The van der Waals surface area contributed by atoms with Crippen molar-refractivity contribution in [2.45, 2.75) is 27.2 Å². The third-order valence-corrected chi connectivity index (χ3v) is 4.32. The summed E-state index contributed by atoms with van der Waals surface area (Å²) < 4.78 is 0. The Kier molecular flexibility index (Phi) is 8.58. The van der Waals surface area contributed by atoms with E-state index in [0.717, 1.165) is 38.6 Å². The molecule has 6 heteroatoms. The zero-order chi connectivity index (χ0) is 16.4. The number of hydrogen-bond acceptors (Lipinski definition) is 3. The Morgan fingerprint density at radius 1 is 1.32 bits per heavy atom. The van der Waals surface area contributed by atoms with Crippen molar-refractivity contribution in [3.63, 3.8) is 0 Å². The number of carbonyl (C=O) groups is 1. The number of hydrogen-bond donors (Lipinski definition) is 1. The molecule has 0 atom stereocenters. The fourth-order valence-electron chi connectivity index (χ4n) is 2.15. The summed E-state index contributed by atoms with van der Waals surface area (Å²) in [4.78, 5) is 21.9. The summed E-state index contributed by atoms with van der Waals surface area (Å²) in [5.41, 5.74) is 0. The van der Waals surface area contributed by atoms with E-state index < -0.39 is 0 Å². The maximum Gasteiger partial charge on any atom is 0.242 e. The minimum atomic E-state index is 0.136. The number of amides is 1. The van der Waals surface area contributed by atoms with Gasteiger partial charge in [-0.05, 0) is 32.2 Å². The van der Waals surface area contributed by atoms with E-state index >= 15 is 0 Å². The lowest BCUT2D eigenvalue weighted by molar-refractivity contribution is -0.131. The van der Waals surface area contributed by atoms with Crippen molar-refractivity contribution >= 4 is 23.2 Å². The summed E-state index contributed by atoms with van der Waals surface area (Å²) in [6.45, 7) is 9.41. The lowest BCUT2D eigenvalue weighted by atomic mass is 10.3. The Morgan fingerprint density at radius 3 is 2.59 bits per heavy atom. The van der Waals surface area contributed by atoms with Gasteiger partial charge in [0.1, 0.15) is 0 Å². The third-order valence-electron chi connectivity index (χ3n) is 3.38. The van der Waals surface area contributed by atoms with Gasteiger partial charge in [0, 0.05) is 44.5 Å². The summed E-state index contributed by atoms with van der Waals surface area (Å²) in [7, 11) is 1.91. The van der Waals surface area contributed by atoms with Crippen molar-refractivity contribution < 1.29 is 4.79 Å². The topological polar surface area (TPSA) is 47.9 Å². The molecule has 0 saturated heterocycles. The monoisotopic (exact) mass is 324 g/mol. The van der Waals surface area contributed by atoms with Gasteiger partial charge in [-0.25, -0.2) is 0 Å². The van der Waals surface area contributed by atoms with Gasteiger partial charge < -0.3 is 15.1 Å². The molecule has 0 aliphatic heterocycles. The molecule has 0 bridgehead atoms. The van der Waals surface area contributed by atoms with Crippen molar-refractivity contribution in [3.05, 3.63) is 22.4 Å². The molecule has 1 aromatic rings. The lowest BCUT2D eigenvalue weighted by Crippen LogP contribution is -2.45. The molecule has 22 heavy (non-hydrogen) atoms. The first-order valence-electron chi connectivity index (χ1n) is 7.91. The van der Waals surface area contributed by atoms with Gasteiger partial charge in [0.25, 0.3) is 0 Å². The van der Waals surface area contributed by atoms with Crippen LogP contribution in [-0.2, 0) is 11.2 Å². The van der Waals surface area contributed by atoms with E-state index in [4.69, 9.17) is 0 Å². The number of aliphatic imine (C=N–C) groups is 1. The first kappa shape index (κ1) is 18.5. The van der Waals surface area contributed by atoms with Crippen molar-refractivity contribution in [2.24, 2.45) is 4.99 Å². The van der Waals surface area contributed by atoms with Crippen LogP contribution < -0.4 is 5.32 Å². The highest BCUT2D eigenvalue weighted by atomic mass is 32.1. The van der Waals surface area contributed by atoms with Crippen LogP contribution in [0.4, 0.5) is 0 Å². The van der Waals surface area contributed by atoms with Crippen LogP contribution in [0.3, 0.4) is 0 Å². The van der Waals surface area contributed by atoms with Gasteiger partial charge in [-0.2, -0.15) is 0 Å². The van der Waals surface area contributed by atoms with Crippen LogP contribution in [0.25, 0.3) is 0 Å². The fourth-order valence-corrected chi connectivity index (χ4v) is 2.85. The number of carbonyl (C=O) groups excluding carboxylic acids is 1. The molecule has 1 heterocycles. The maximum atomic E-state index is 12.2. The van der Waals surface area contributed by atoms with Crippen LogP contribution in [0.1, 0.15) is 25.6 Å². The van der Waals surface area contributed by atoms with Gasteiger partial charge in [0.2, 0.25) is 5.91 Å². The van der Waals surface area contributed by atoms with Gasteiger partial charge in [-0.3, -0.25) is 9.79 Å². The van der Waals surface area contributed by atoms with Gasteiger partial charge in [-0.15, -0.1) is 11.3 Å². The maximum absolute atomic E-state index is 12.2. The fraction of sp³-hybridized carbons (Fsp3) is 0.625. The van der Waals surface area contributed by atoms with Crippen molar-refractivity contribution in [2.75, 3.05) is 39.8 Å². The first-order chi connectivity index (χ1) is 10.6. The van der Waals surface area contributed by atoms with Gasteiger partial charge in [-0.1, -0.05) is 6.07 Å². The highest BCUT2D eigenvalue weighted by Crippen LogP contribution is 2.08. The zero-order valence-corrected chi connectivity index (χ0v) is 14.9. The molecule has 124 valence electrons. The smallest absolute Gasteiger partial charge is 0.242 e. The highest BCUT2D eigenvalue weighted by Gasteiger charge is 2.14. The van der Waals surface area contributed by atoms with Crippen LogP contribution in [0.5, 0.6) is 0 Å². The molecule has 0 unspecified atom stereocenters. The summed E-state index contributed by atoms with van der Waals surface area (Å²) in [5, 5.41) is 5.33. The van der Waals surface area contributed by atoms with E-state index in [1.807, 2.05) is 37.6 Å². The highest BCUT2D eigenvalue weighted by molar-refractivity contribution is 7.09. The van der Waals surface area contributed by atoms with Gasteiger partial charge in [0.15, 0.2) is 5.96 Å². The standard InChI is InChI=1S/C16H28N4OS/c1-5-17-16(18-11-10-14-9-8-12-22-14)19(4)13-15(21)20(6-2)7-3/h8-9,12H,5-7,10-11,13H2,1-4H3,(H,17,18). The average molecular weight is 324 g/mol. The predicted molar refractivity (Wildman–Crippen MR) is 94.6 cm³/mol. The minimum absolute atomic E-state index is 0.136.